The fourth-order valence-electron chi connectivity index (χ4n) is 2.20. The van der Waals surface area contributed by atoms with Crippen molar-refractivity contribution in [1.82, 2.24) is 10.7 Å². The lowest BCUT2D eigenvalue weighted by Gasteiger charge is -2.09. The molecule has 0 saturated carbocycles. The van der Waals surface area contributed by atoms with Crippen molar-refractivity contribution < 1.29 is 24.0 Å². The summed E-state index contributed by atoms with van der Waals surface area (Å²) in [7, 11) is 2.92. The molecule has 0 aliphatic rings. The number of non-ortho nitro benzene ring substituents is 1. The Balaban J connectivity index is 1.92. The molecule has 2 rings (SSSR count). The molecule has 0 fully saturated rings. The fourth-order valence-corrected chi connectivity index (χ4v) is 2.36. The number of hydrogen-bond acceptors (Lipinski definition) is 7. The van der Waals surface area contributed by atoms with Crippen molar-refractivity contribution in [3.8, 4) is 11.5 Å². The van der Waals surface area contributed by atoms with Gasteiger partial charge in [-0.1, -0.05) is 11.6 Å². The minimum absolute atomic E-state index is 0.163. The van der Waals surface area contributed by atoms with Gasteiger partial charge in [0.05, 0.1) is 31.9 Å². The van der Waals surface area contributed by atoms with Gasteiger partial charge in [0.15, 0.2) is 11.5 Å². The highest BCUT2D eigenvalue weighted by Gasteiger charge is 2.12. The molecule has 0 radical (unpaired) electrons. The van der Waals surface area contributed by atoms with E-state index in [0.717, 1.165) is 0 Å². The van der Waals surface area contributed by atoms with Crippen molar-refractivity contribution in [3.05, 3.63) is 62.7 Å². The number of methoxy groups -OCH3 is 2. The maximum absolute atomic E-state index is 12.2. The summed E-state index contributed by atoms with van der Waals surface area (Å²) >= 11 is 5.93. The lowest BCUT2D eigenvalue weighted by atomic mass is 10.2. The fraction of sp³-hybridized carbons (Fsp3) is 0.167. The molecular formula is C18H17ClN4O6. The normalized spacial score (nSPS) is 10.4. The van der Waals surface area contributed by atoms with Crippen molar-refractivity contribution >= 4 is 35.3 Å². The second kappa shape index (κ2) is 10.0. The molecule has 11 heteroatoms. The molecule has 29 heavy (non-hydrogen) atoms. The summed E-state index contributed by atoms with van der Waals surface area (Å²) in [6.07, 6.45) is 1.17. The van der Waals surface area contributed by atoms with Gasteiger partial charge in [-0.05, 0) is 24.3 Å². The molecule has 2 amide bonds. The molecule has 0 spiro atoms. The largest absolute Gasteiger partial charge is 0.493 e. The van der Waals surface area contributed by atoms with Gasteiger partial charge in [0.1, 0.15) is 0 Å². The Kier molecular flexibility index (Phi) is 7.49. The van der Waals surface area contributed by atoms with Crippen LogP contribution in [0.25, 0.3) is 0 Å². The Hall–Kier alpha value is -3.66. The average molecular weight is 421 g/mol. The minimum Gasteiger partial charge on any atom is -0.493 e. The standard InChI is InChI=1S/C18H17ClN4O6/c1-28-15-6-3-11(8-16(15)29-2)18(25)20-10-17(24)22-21-9-12-7-13(23(26)27)4-5-14(12)19/h3-9H,10H2,1-2H3,(H,20,25)(H,22,24)/b21-9+. The summed E-state index contributed by atoms with van der Waals surface area (Å²) in [6, 6.07) is 8.40. The number of hydrogen-bond donors (Lipinski definition) is 2. The van der Waals surface area contributed by atoms with Crippen LogP contribution in [0, 0.1) is 10.1 Å². The Labute approximate surface area is 170 Å². The van der Waals surface area contributed by atoms with Crippen LogP contribution in [0.3, 0.4) is 0 Å². The number of hydrazone groups is 1. The van der Waals surface area contributed by atoms with Gasteiger partial charge in [-0.25, -0.2) is 5.43 Å². The first kappa shape index (κ1) is 21.6. The predicted octanol–water partition coefficient (Wildman–Crippen LogP) is 2.15. The topological polar surface area (TPSA) is 132 Å². The lowest BCUT2D eigenvalue weighted by molar-refractivity contribution is -0.384. The summed E-state index contributed by atoms with van der Waals surface area (Å²) < 4.78 is 10.2. The van der Waals surface area contributed by atoms with Gasteiger partial charge in [-0.3, -0.25) is 19.7 Å². The first-order valence-electron chi connectivity index (χ1n) is 8.11. The van der Waals surface area contributed by atoms with E-state index < -0.39 is 16.7 Å². The number of nitro groups is 1. The number of nitrogens with zero attached hydrogens (tertiary/aromatic N) is 2. The highest BCUT2D eigenvalue weighted by molar-refractivity contribution is 6.33. The Bertz CT molecular complexity index is 963. The monoisotopic (exact) mass is 420 g/mol. The first-order valence-corrected chi connectivity index (χ1v) is 8.49. The van der Waals surface area contributed by atoms with E-state index in [1.54, 1.807) is 6.07 Å². The number of amides is 2. The van der Waals surface area contributed by atoms with Crippen LogP contribution in [0.2, 0.25) is 5.02 Å². The Morgan fingerprint density at radius 2 is 1.90 bits per heavy atom. The van der Waals surface area contributed by atoms with Crippen LogP contribution in [0.5, 0.6) is 11.5 Å². The Morgan fingerprint density at radius 1 is 1.17 bits per heavy atom. The van der Waals surface area contributed by atoms with E-state index in [4.69, 9.17) is 21.1 Å². The molecule has 0 heterocycles. The molecule has 2 aromatic carbocycles. The Morgan fingerprint density at radius 3 is 2.55 bits per heavy atom. The quantitative estimate of drug-likeness (QED) is 0.382. The number of halogens is 1. The zero-order chi connectivity index (χ0) is 21.4. The van der Waals surface area contributed by atoms with Crippen LogP contribution >= 0.6 is 11.6 Å². The van der Waals surface area contributed by atoms with Crippen LogP contribution in [0.4, 0.5) is 5.69 Å². The van der Waals surface area contributed by atoms with Crippen LogP contribution in [-0.4, -0.2) is 43.7 Å². The maximum atomic E-state index is 12.2. The van der Waals surface area contributed by atoms with Gasteiger partial charge < -0.3 is 14.8 Å². The molecule has 0 atom stereocenters. The second-order valence-corrected chi connectivity index (χ2v) is 5.92. The summed E-state index contributed by atoms with van der Waals surface area (Å²) in [6.45, 7) is -0.340. The van der Waals surface area contributed by atoms with Crippen LogP contribution < -0.4 is 20.2 Å². The zero-order valence-electron chi connectivity index (χ0n) is 15.5. The number of ether oxygens (including phenoxy) is 2. The van der Waals surface area contributed by atoms with Gasteiger partial charge in [0, 0.05) is 28.3 Å². The van der Waals surface area contributed by atoms with E-state index in [1.807, 2.05) is 0 Å². The molecular weight excluding hydrogens is 404 g/mol. The van der Waals surface area contributed by atoms with Crippen molar-refractivity contribution in [2.45, 2.75) is 0 Å². The van der Waals surface area contributed by atoms with Crippen LogP contribution in [0.15, 0.2) is 41.5 Å². The smallest absolute Gasteiger partial charge is 0.270 e. The van der Waals surface area contributed by atoms with E-state index >= 15 is 0 Å². The van der Waals surface area contributed by atoms with Gasteiger partial charge >= 0.3 is 0 Å². The SMILES string of the molecule is COc1ccc(C(=O)NCC(=O)N/N=C/c2cc([N+](=O)[O-])ccc2Cl)cc1OC. The van der Waals surface area contributed by atoms with E-state index in [1.165, 1.54) is 50.8 Å². The predicted molar refractivity (Wildman–Crippen MR) is 106 cm³/mol. The van der Waals surface area contributed by atoms with Crippen molar-refractivity contribution in [2.75, 3.05) is 20.8 Å². The molecule has 0 saturated heterocycles. The van der Waals surface area contributed by atoms with Crippen LogP contribution in [0.1, 0.15) is 15.9 Å². The molecule has 0 aliphatic heterocycles. The average Bonchev–Trinajstić information content (AvgIpc) is 2.72. The second-order valence-electron chi connectivity index (χ2n) is 5.51. The van der Waals surface area contributed by atoms with Crippen molar-refractivity contribution in [3.63, 3.8) is 0 Å². The van der Waals surface area contributed by atoms with E-state index in [9.17, 15) is 19.7 Å². The van der Waals surface area contributed by atoms with E-state index in [0.29, 0.717) is 11.5 Å². The summed E-state index contributed by atoms with van der Waals surface area (Å²) in [5.74, 6) is -0.248. The number of carbonyl (C=O) groups is 2. The van der Waals surface area contributed by atoms with E-state index in [2.05, 4.69) is 15.8 Å². The summed E-state index contributed by atoms with van der Waals surface area (Å²) in [4.78, 5) is 34.2. The minimum atomic E-state index is -0.600. The van der Waals surface area contributed by atoms with Crippen molar-refractivity contribution in [2.24, 2.45) is 5.10 Å². The van der Waals surface area contributed by atoms with Crippen molar-refractivity contribution in [1.29, 1.82) is 0 Å². The number of carbonyl (C=O) groups excluding carboxylic acids is 2. The third-order valence-corrected chi connectivity index (χ3v) is 3.98. The highest BCUT2D eigenvalue weighted by Crippen LogP contribution is 2.27. The molecule has 0 aliphatic carbocycles. The highest BCUT2D eigenvalue weighted by atomic mass is 35.5. The molecule has 2 aromatic rings. The number of rotatable bonds is 8. The summed E-state index contributed by atoms with van der Waals surface area (Å²) in [5.41, 5.74) is 2.57. The first-order chi connectivity index (χ1) is 13.8. The van der Waals surface area contributed by atoms with Gasteiger partial charge in [-0.15, -0.1) is 0 Å². The summed E-state index contributed by atoms with van der Waals surface area (Å²) in [5, 5.41) is 17.1. The molecule has 152 valence electrons. The molecule has 0 bridgehead atoms. The van der Waals surface area contributed by atoms with Gasteiger partial charge in [-0.2, -0.15) is 5.10 Å². The molecule has 0 aromatic heterocycles. The molecule has 0 unspecified atom stereocenters. The lowest BCUT2D eigenvalue weighted by Crippen LogP contribution is -2.34. The van der Waals surface area contributed by atoms with Gasteiger partial charge in [0.2, 0.25) is 0 Å². The van der Waals surface area contributed by atoms with Gasteiger partial charge in [0.25, 0.3) is 17.5 Å². The molecule has 2 N–H and O–H groups in total. The molecule has 10 nitrogen and oxygen atoms in total. The van der Waals surface area contributed by atoms with E-state index in [-0.39, 0.29) is 28.4 Å². The maximum Gasteiger partial charge on any atom is 0.270 e. The third kappa shape index (κ3) is 5.91. The van der Waals surface area contributed by atoms with Crippen LogP contribution in [-0.2, 0) is 4.79 Å². The third-order valence-electron chi connectivity index (χ3n) is 3.64. The number of benzene rings is 2. The zero-order valence-corrected chi connectivity index (χ0v) is 16.2. The number of nitrogens with one attached hydrogen (secondary N) is 2. The number of nitro benzene ring substituents is 1.